The summed E-state index contributed by atoms with van der Waals surface area (Å²) in [5, 5.41) is 20.9. The second kappa shape index (κ2) is 5.31. The van der Waals surface area contributed by atoms with E-state index >= 15 is 0 Å². The van der Waals surface area contributed by atoms with E-state index in [-0.39, 0.29) is 17.9 Å². The molecule has 1 atom stereocenters. The first-order valence-electron chi connectivity index (χ1n) is 6.77. The Morgan fingerprint density at radius 3 is 2.57 bits per heavy atom. The molecule has 0 radical (unpaired) electrons. The molecule has 2 aromatic rings. The predicted molar refractivity (Wildman–Crippen MR) is 75.7 cm³/mol. The monoisotopic (exact) mass is 292 g/mol. The molecule has 1 N–H and O–H groups in total. The lowest BCUT2D eigenvalue weighted by Crippen LogP contribution is -2.28. The number of carbonyl (C=O) groups is 1. The molecular formula is C14H20N4O3. The lowest BCUT2D eigenvalue weighted by molar-refractivity contribution is -0.138. The summed E-state index contributed by atoms with van der Waals surface area (Å²) < 4.78 is 7.10. The lowest BCUT2D eigenvalue weighted by atomic mass is 9.84. The van der Waals surface area contributed by atoms with E-state index < -0.39 is 5.97 Å². The number of hydrogen-bond acceptors (Lipinski definition) is 5. The highest BCUT2D eigenvalue weighted by Crippen LogP contribution is 2.36. The number of carboxylic acid groups (broad SMARTS) is 1. The summed E-state index contributed by atoms with van der Waals surface area (Å²) in [5.41, 5.74) is 0.493. The third-order valence-electron chi connectivity index (χ3n) is 3.44. The van der Waals surface area contributed by atoms with Gasteiger partial charge in [0.1, 0.15) is 11.5 Å². The molecule has 0 saturated heterocycles. The van der Waals surface area contributed by atoms with Gasteiger partial charge in [-0.3, -0.25) is 4.79 Å². The summed E-state index contributed by atoms with van der Waals surface area (Å²) in [6.07, 6.45) is -0.0442. The predicted octanol–water partition coefficient (Wildman–Crippen LogP) is 2.61. The van der Waals surface area contributed by atoms with Crippen LogP contribution in [0.1, 0.15) is 44.8 Å². The van der Waals surface area contributed by atoms with Gasteiger partial charge in [0.25, 0.3) is 0 Å². The van der Waals surface area contributed by atoms with Gasteiger partial charge >= 0.3 is 5.97 Å². The Kier molecular flexibility index (Phi) is 3.85. The van der Waals surface area contributed by atoms with Gasteiger partial charge in [0.05, 0.1) is 18.0 Å². The summed E-state index contributed by atoms with van der Waals surface area (Å²) in [6.45, 7) is 9.60. The number of aryl methyl sites for hydroxylation is 2. The van der Waals surface area contributed by atoms with Gasteiger partial charge in [0, 0.05) is 0 Å². The number of nitrogens with zero attached hydrogens (tertiary/aromatic N) is 4. The Morgan fingerprint density at radius 2 is 2.10 bits per heavy atom. The molecule has 0 saturated carbocycles. The normalized spacial score (nSPS) is 13.4. The fraction of sp³-hybridized carbons (Fsp3) is 0.571. The van der Waals surface area contributed by atoms with Crippen molar-refractivity contribution in [3.63, 3.8) is 0 Å². The van der Waals surface area contributed by atoms with Crippen LogP contribution in [-0.2, 0) is 4.79 Å². The average Bonchev–Trinajstić information content (AvgIpc) is 2.90. The number of tetrazole rings is 1. The highest BCUT2D eigenvalue weighted by molar-refractivity contribution is 5.67. The summed E-state index contributed by atoms with van der Waals surface area (Å²) >= 11 is 0. The number of hydrogen-bond donors (Lipinski definition) is 1. The van der Waals surface area contributed by atoms with Gasteiger partial charge in [-0.1, -0.05) is 20.8 Å². The molecule has 1 unspecified atom stereocenters. The third-order valence-corrected chi connectivity index (χ3v) is 3.44. The quantitative estimate of drug-likeness (QED) is 0.930. The van der Waals surface area contributed by atoms with Crippen molar-refractivity contribution in [3.05, 3.63) is 17.6 Å². The van der Waals surface area contributed by atoms with Crippen molar-refractivity contribution in [2.75, 3.05) is 0 Å². The van der Waals surface area contributed by atoms with Gasteiger partial charge in [-0.15, -0.1) is 5.10 Å². The minimum absolute atomic E-state index is 0.0442. The van der Waals surface area contributed by atoms with Crippen LogP contribution in [0.15, 0.2) is 10.5 Å². The average molecular weight is 292 g/mol. The number of aliphatic carboxylic acids is 1. The Labute approximate surface area is 123 Å². The van der Waals surface area contributed by atoms with Crippen LogP contribution in [0.3, 0.4) is 0 Å². The van der Waals surface area contributed by atoms with Crippen molar-refractivity contribution in [2.45, 2.75) is 47.1 Å². The second-order valence-corrected chi connectivity index (χ2v) is 6.25. The van der Waals surface area contributed by atoms with Crippen molar-refractivity contribution < 1.29 is 14.3 Å². The fourth-order valence-electron chi connectivity index (χ4n) is 2.36. The molecule has 2 aromatic heterocycles. The Hall–Kier alpha value is -2.18. The molecule has 114 valence electrons. The van der Waals surface area contributed by atoms with E-state index in [0.29, 0.717) is 11.6 Å². The van der Waals surface area contributed by atoms with E-state index in [9.17, 15) is 4.79 Å². The number of carboxylic acids is 1. The van der Waals surface area contributed by atoms with Gasteiger partial charge < -0.3 is 9.52 Å². The molecule has 0 bridgehead atoms. The third kappa shape index (κ3) is 3.12. The van der Waals surface area contributed by atoms with Crippen molar-refractivity contribution >= 4 is 5.97 Å². The molecule has 0 amide bonds. The Balaban J connectivity index is 2.51. The summed E-state index contributed by atoms with van der Waals surface area (Å²) in [7, 11) is 0. The van der Waals surface area contributed by atoms with E-state index in [1.165, 1.54) is 0 Å². The van der Waals surface area contributed by atoms with Crippen LogP contribution in [-0.4, -0.2) is 31.3 Å². The van der Waals surface area contributed by atoms with Crippen molar-refractivity contribution in [3.8, 4) is 11.4 Å². The van der Waals surface area contributed by atoms with E-state index in [1.807, 2.05) is 40.7 Å². The standard InChI is InChI=1S/C14H20N4O3/c1-8-6-10(9(2)21-8)13-15-16-17-18(13)11(7-12(19)20)14(3,4)5/h6,11H,7H2,1-5H3,(H,19,20). The molecule has 0 aromatic carbocycles. The largest absolute Gasteiger partial charge is 0.481 e. The van der Waals surface area contributed by atoms with E-state index in [4.69, 9.17) is 9.52 Å². The van der Waals surface area contributed by atoms with Crippen LogP contribution in [0.4, 0.5) is 0 Å². The zero-order chi connectivity index (χ0) is 15.8. The molecular weight excluding hydrogens is 272 g/mol. The van der Waals surface area contributed by atoms with Gasteiger partial charge in [0.15, 0.2) is 5.82 Å². The molecule has 2 rings (SSSR count). The maximum absolute atomic E-state index is 11.2. The van der Waals surface area contributed by atoms with Crippen LogP contribution in [0, 0.1) is 19.3 Å². The van der Waals surface area contributed by atoms with Gasteiger partial charge in [0.2, 0.25) is 0 Å². The smallest absolute Gasteiger partial charge is 0.305 e. The molecule has 0 aliphatic carbocycles. The van der Waals surface area contributed by atoms with Gasteiger partial charge in [-0.2, -0.15) is 0 Å². The lowest BCUT2D eigenvalue weighted by Gasteiger charge is -2.29. The van der Waals surface area contributed by atoms with E-state index in [1.54, 1.807) is 4.68 Å². The first kappa shape index (κ1) is 15.2. The van der Waals surface area contributed by atoms with Crippen molar-refractivity contribution in [1.82, 2.24) is 20.2 Å². The summed E-state index contributed by atoms with van der Waals surface area (Å²) in [5.74, 6) is 1.14. The van der Waals surface area contributed by atoms with Crippen molar-refractivity contribution in [2.24, 2.45) is 5.41 Å². The molecule has 0 aliphatic rings. The first-order valence-corrected chi connectivity index (χ1v) is 6.77. The number of aromatic nitrogens is 4. The second-order valence-electron chi connectivity index (χ2n) is 6.25. The van der Waals surface area contributed by atoms with E-state index in [0.717, 1.165) is 11.3 Å². The highest BCUT2D eigenvalue weighted by atomic mass is 16.4. The molecule has 21 heavy (non-hydrogen) atoms. The zero-order valence-electron chi connectivity index (χ0n) is 12.9. The van der Waals surface area contributed by atoms with Crippen LogP contribution >= 0.6 is 0 Å². The molecule has 0 aliphatic heterocycles. The van der Waals surface area contributed by atoms with E-state index in [2.05, 4.69) is 15.5 Å². The highest BCUT2D eigenvalue weighted by Gasteiger charge is 2.32. The topological polar surface area (TPSA) is 94.0 Å². The fourth-order valence-corrected chi connectivity index (χ4v) is 2.36. The first-order chi connectivity index (χ1) is 9.70. The summed E-state index contributed by atoms with van der Waals surface area (Å²) in [6, 6.07) is 1.51. The number of rotatable bonds is 4. The molecule has 0 fully saturated rings. The Morgan fingerprint density at radius 1 is 1.43 bits per heavy atom. The maximum Gasteiger partial charge on any atom is 0.305 e. The van der Waals surface area contributed by atoms with Crippen LogP contribution in [0.25, 0.3) is 11.4 Å². The van der Waals surface area contributed by atoms with Gasteiger partial charge in [-0.25, -0.2) is 4.68 Å². The molecule has 0 spiro atoms. The summed E-state index contributed by atoms with van der Waals surface area (Å²) in [4.78, 5) is 11.2. The molecule has 7 heteroatoms. The molecule has 2 heterocycles. The van der Waals surface area contributed by atoms with Crippen LogP contribution in [0.2, 0.25) is 0 Å². The zero-order valence-corrected chi connectivity index (χ0v) is 12.9. The molecule has 7 nitrogen and oxygen atoms in total. The minimum atomic E-state index is -0.878. The maximum atomic E-state index is 11.2. The SMILES string of the molecule is Cc1cc(-c2nnnn2C(CC(=O)O)C(C)(C)C)c(C)o1. The number of furan rings is 1. The van der Waals surface area contributed by atoms with Gasteiger partial charge in [-0.05, 0) is 35.8 Å². The minimum Gasteiger partial charge on any atom is -0.481 e. The Bertz CT molecular complexity index is 651. The van der Waals surface area contributed by atoms with Crippen LogP contribution in [0.5, 0.6) is 0 Å². The van der Waals surface area contributed by atoms with Crippen LogP contribution < -0.4 is 0 Å². The van der Waals surface area contributed by atoms with Crippen molar-refractivity contribution in [1.29, 1.82) is 0 Å².